The predicted molar refractivity (Wildman–Crippen MR) is 86.5 cm³/mol. The standard InChI is InChI=1S/C18H22N2O2/c1-12-9-17(12)18-8-7-16(22-18)11-19-10-14-3-5-15(6-4-14)20-13(2)21/h3-8,12,17,19H,9-11H2,1-2H3,(H,20,21)/t12-,17+/m1/s1. The Bertz CT molecular complexity index is 645. The van der Waals surface area contributed by atoms with Crippen LogP contribution in [0.2, 0.25) is 0 Å². The van der Waals surface area contributed by atoms with E-state index < -0.39 is 0 Å². The molecule has 0 spiro atoms. The summed E-state index contributed by atoms with van der Waals surface area (Å²) < 4.78 is 5.87. The predicted octanol–water partition coefficient (Wildman–Crippen LogP) is 3.65. The van der Waals surface area contributed by atoms with Crippen molar-refractivity contribution in [2.24, 2.45) is 5.92 Å². The minimum absolute atomic E-state index is 0.0514. The molecule has 1 heterocycles. The van der Waals surface area contributed by atoms with Crippen molar-refractivity contribution in [3.63, 3.8) is 0 Å². The van der Waals surface area contributed by atoms with Crippen LogP contribution < -0.4 is 10.6 Å². The van der Waals surface area contributed by atoms with Crippen LogP contribution in [0.1, 0.15) is 43.3 Å². The number of nitrogens with one attached hydrogen (secondary N) is 2. The first-order chi connectivity index (χ1) is 10.6. The molecule has 1 aromatic carbocycles. The van der Waals surface area contributed by atoms with Gasteiger partial charge in [0, 0.05) is 25.1 Å². The van der Waals surface area contributed by atoms with Crippen molar-refractivity contribution in [1.29, 1.82) is 0 Å². The second-order valence-electron chi connectivity index (χ2n) is 6.11. The molecule has 1 aliphatic carbocycles. The minimum atomic E-state index is -0.0514. The van der Waals surface area contributed by atoms with Gasteiger partial charge in [-0.2, -0.15) is 0 Å². The molecule has 1 amide bonds. The maximum atomic E-state index is 11.0. The average molecular weight is 298 g/mol. The maximum Gasteiger partial charge on any atom is 0.221 e. The number of hydrogen-bond acceptors (Lipinski definition) is 3. The molecule has 2 aromatic rings. The van der Waals surface area contributed by atoms with Gasteiger partial charge in [-0.05, 0) is 42.2 Å². The van der Waals surface area contributed by atoms with E-state index >= 15 is 0 Å². The molecule has 0 saturated heterocycles. The van der Waals surface area contributed by atoms with E-state index in [-0.39, 0.29) is 5.91 Å². The molecule has 4 heteroatoms. The Kier molecular flexibility index (Phi) is 4.29. The lowest BCUT2D eigenvalue weighted by molar-refractivity contribution is -0.114. The molecule has 1 aliphatic rings. The van der Waals surface area contributed by atoms with Gasteiger partial charge >= 0.3 is 0 Å². The Morgan fingerprint density at radius 2 is 1.91 bits per heavy atom. The Balaban J connectivity index is 1.46. The number of hydrogen-bond donors (Lipinski definition) is 2. The highest BCUT2D eigenvalue weighted by Gasteiger charge is 2.36. The van der Waals surface area contributed by atoms with Crippen LogP contribution in [-0.4, -0.2) is 5.91 Å². The van der Waals surface area contributed by atoms with Gasteiger partial charge in [-0.3, -0.25) is 4.79 Å². The molecule has 1 saturated carbocycles. The molecule has 4 nitrogen and oxygen atoms in total. The molecule has 0 radical (unpaired) electrons. The second-order valence-corrected chi connectivity index (χ2v) is 6.11. The van der Waals surface area contributed by atoms with Crippen LogP contribution in [0.15, 0.2) is 40.8 Å². The third-order valence-corrected chi connectivity index (χ3v) is 4.06. The summed E-state index contributed by atoms with van der Waals surface area (Å²) >= 11 is 0. The third kappa shape index (κ3) is 3.77. The van der Waals surface area contributed by atoms with Crippen LogP contribution in [0, 0.1) is 5.92 Å². The SMILES string of the molecule is CC(=O)Nc1ccc(CNCc2ccc([C@H]3C[C@H]3C)o2)cc1. The fourth-order valence-corrected chi connectivity index (χ4v) is 2.65. The smallest absolute Gasteiger partial charge is 0.221 e. The molecule has 0 unspecified atom stereocenters. The lowest BCUT2D eigenvalue weighted by Gasteiger charge is -2.05. The van der Waals surface area contributed by atoms with Gasteiger partial charge in [0.25, 0.3) is 0 Å². The minimum Gasteiger partial charge on any atom is -0.464 e. The number of amides is 1. The van der Waals surface area contributed by atoms with Crippen molar-refractivity contribution in [1.82, 2.24) is 5.32 Å². The van der Waals surface area contributed by atoms with E-state index in [1.807, 2.05) is 24.3 Å². The number of carbonyl (C=O) groups excluding carboxylic acids is 1. The van der Waals surface area contributed by atoms with E-state index in [4.69, 9.17) is 4.42 Å². The van der Waals surface area contributed by atoms with Gasteiger partial charge in [0.1, 0.15) is 11.5 Å². The summed E-state index contributed by atoms with van der Waals surface area (Å²) in [7, 11) is 0. The van der Waals surface area contributed by atoms with Gasteiger partial charge in [0.2, 0.25) is 5.91 Å². The molecule has 116 valence electrons. The molecule has 1 aromatic heterocycles. The normalized spacial score (nSPS) is 19.9. The Labute approximate surface area is 130 Å². The van der Waals surface area contributed by atoms with Crippen LogP contribution in [0.25, 0.3) is 0 Å². The second kappa shape index (κ2) is 6.36. The van der Waals surface area contributed by atoms with Gasteiger partial charge in [0.15, 0.2) is 0 Å². The Hall–Kier alpha value is -2.07. The first kappa shape index (κ1) is 14.9. The van der Waals surface area contributed by atoms with Crippen LogP contribution >= 0.6 is 0 Å². The molecular formula is C18H22N2O2. The maximum absolute atomic E-state index is 11.0. The van der Waals surface area contributed by atoms with Crippen LogP contribution in [0.4, 0.5) is 5.69 Å². The third-order valence-electron chi connectivity index (χ3n) is 4.06. The zero-order valence-electron chi connectivity index (χ0n) is 13.1. The van der Waals surface area contributed by atoms with Crippen molar-refractivity contribution in [3.8, 4) is 0 Å². The number of rotatable bonds is 6. The fourth-order valence-electron chi connectivity index (χ4n) is 2.65. The molecule has 0 bridgehead atoms. The molecule has 0 aliphatic heterocycles. The van der Waals surface area contributed by atoms with E-state index in [9.17, 15) is 4.79 Å². The van der Waals surface area contributed by atoms with E-state index in [1.54, 1.807) is 0 Å². The van der Waals surface area contributed by atoms with Gasteiger partial charge < -0.3 is 15.1 Å². The summed E-state index contributed by atoms with van der Waals surface area (Å²) in [4.78, 5) is 11.0. The van der Waals surface area contributed by atoms with Crippen molar-refractivity contribution < 1.29 is 9.21 Å². The Morgan fingerprint density at radius 1 is 1.18 bits per heavy atom. The molecule has 2 atom stereocenters. The largest absolute Gasteiger partial charge is 0.464 e. The van der Waals surface area contributed by atoms with E-state index in [0.29, 0.717) is 5.92 Å². The van der Waals surface area contributed by atoms with Crippen LogP contribution in [0.5, 0.6) is 0 Å². The van der Waals surface area contributed by atoms with Gasteiger partial charge in [-0.15, -0.1) is 0 Å². The van der Waals surface area contributed by atoms with E-state index in [1.165, 1.54) is 18.9 Å². The summed E-state index contributed by atoms with van der Waals surface area (Å²) in [6.07, 6.45) is 1.25. The zero-order valence-corrected chi connectivity index (χ0v) is 13.1. The summed E-state index contributed by atoms with van der Waals surface area (Å²) in [5, 5.41) is 6.14. The summed E-state index contributed by atoms with van der Waals surface area (Å²) in [6, 6.07) is 12.0. The highest BCUT2D eigenvalue weighted by Crippen LogP contribution is 2.47. The van der Waals surface area contributed by atoms with Crippen molar-refractivity contribution >= 4 is 11.6 Å². The number of carbonyl (C=O) groups is 1. The van der Waals surface area contributed by atoms with Gasteiger partial charge in [-0.1, -0.05) is 19.1 Å². The van der Waals surface area contributed by atoms with Crippen molar-refractivity contribution in [3.05, 3.63) is 53.5 Å². The molecule has 22 heavy (non-hydrogen) atoms. The number of anilines is 1. The molecule has 3 rings (SSSR count). The number of furan rings is 1. The topological polar surface area (TPSA) is 54.3 Å². The summed E-state index contributed by atoms with van der Waals surface area (Å²) in [5.74, 6) is 3.47. The summed E-state index contributed by atoms with van der Waals surface area (Å²) in [6.45, 7) is 5.27. The molecule has 2 N–H and O–H groups in total. The highest BCUT2D eigenvalue weighted by molar-refractivity contribution is 5.88. The van der Waals surface area contributed by atoms with Crippen LogP contribution in [-0.2, 0) is 17.9 Å². The fraction of sp³-hybridized carbons (Fsp3) is 0.389. The zero-order chi connectivity index (χ0) is 15.5. The van der Waals surface area contributed by atoms with Gasteiger partial charge in [-0.25, -0.2) is 0 Å². The van der Waals surface area contributed by atoms with E-state index in [2.05, 4.69) is 29.7 Å². The quantitative estimate of drug-likeness (QED) is 0.856. The van der Waals surface area contributed by atoms with Crippen LogP contribution in [0.3, 0.4) is 0 Å². The van der Waals surface area contributed by atoms with Gasteiger partial charge in [0.05, 0.1) is 6.54 Å². The summed E-state index contributed by atoms with van der Waals surface area (Å²) in [5.41, 5.74) is 2.00. The average Bonchev–Trinajstić information content (AvgIpc) is 3.03. The first-order valence-corrected chi connectivity index (χ1v) is 7.77. The van der Waals surface area contributed by atoms with Crippen molar-refractivity contribution in [2.45, 2.75) is 39.3 Å². The Morgan fingerprint density at radius 3 is 2.55 bits per heavy atom. The molecule has 1 fully saturated rings. The first-order valence-electron chi connectivity index (χ1n) is 7.77. The number of benzene rings is 1. The van der Waals surface area contributed by atoms with Crippen molar-refractivity contribution in [2.75, 3.05) is 5.32 Å². The molecular weight excluding hydrogens is 276 g/mol. The highest BCUT2D eigenvalue weighted by atomic mass is 16.3. The van der Waals surface area contributed by atoms with E-state index in [0.717, 1.165) is 36.2 Å². The monoisotopic (exact) mass is 298 g/mol. The lowest BCUT2D eigenvalue weighted by atomic mass is 10.2. The lowest BCUT2D eigenvalue weighted by Crippen LogP contribution is -2.12.